The summed E-state index contributed by atoms with van der Waals surface area (Å²) in [6, 6.07) is 12.1. The third-order valence-electron chi connectivity index (χ3n) is 6.58. The molecule has 1 aliphatic carbocycles. The van der Waals surface area contributed by atoms with Gasteiger partial charge in [0.2, 0.25) is 0 Å². The maximum Gasteiger partial charge on any atom is 0.253 e. The highest BCUT2D eigenvalue weighted by molar-refractivity contribution is 5.99. The number of rotatable bonds is 3. The van der Waals surface area contributed by atoms with Gasteiger partial charge in [0.05, 0.1) is 5.69 Å². The highest BCUT2D eigenvalue weighted by atomic mass is 16.5. The molecule has 0 atom stereocenters. The van der Waals surface area contributed by atoms with E-state index in [1.165, 1.54) is 18.4 Å². The number of hydrogen-bond donors (Lipinski definition) is 1. The quantitative estimate of drug-likeness (QED) is 0.729. The van der Waals surface area contributed by atoms with E-state index < -0.39 is 0 Å². The van der Waals surface area contributed by atoms with Gasteiger partial charge in [-0.2, -0.15) is 0 Å². The number of fused-ring (bicyclic) bond motifs is 2. The zero-order valence-corrected chi connectivity index (χ0v) is 16.7. The topological polar surface area (TPSA) is 72.4 Å². The number of aryl methyl sites for hydroxylation is 1. The van der Waals surface area contributed by atoms with Crippen molar-refractivity contribution in [2.75, 3.05) is 13.1 Å². The Bertz CT molecular complexity index is 1050. The van der Waals surface area contributed by atoms with E-state index in [1.54, 1.807) is 0 Å². The third-order valence-corrected chi connectivity index (χ3v) is 6.58. The van der Waals surface area contributed by atoms with E-state index in [9.17, 15) is 4.79 Å². The van der Waals surface area contributed by atoms with Gasteiger partial charge in [0, 0.05) is 36.7 Å². The summed E-state index contributed by atoms with van der Waals surface area (Å²) in [7, 11) is 0. The molecule has 2 heterocycles. The summed E-state index contributed by atoms with van der Waals surface area (Å²) in [5, 5.41) is 6.51. The van der Waals surface area contributed by atoms with Gasteiger partial charge in [-0.1, -0.05) is 29.4 Å². The normalized spacial score (nSPS) is 17.5. The molecule has 5 rings (SSSR count). The Balaban J connectivity index is 1.31. The molecule has 5 heteroatoms. The summed E-state index contributed by atoms with van der Waals surface area (Å²) in [5.74, 6) is 1.58. The number of nitrogens with two attached hydrogens (primary N) is 1. The van der Waals surface area contributed by atoms with Crippen molar-refractivity contribution in [3.8, 4) is 0 Å². The van der Waals surface area contributed by atoms with Crippen LogP contribution in [0.5, 0.6) is 0 Å². The van der Waals surface area contributed by atoms with E-state index in [2.05, 4.69) is 11.2 Å². The first-order valence-electron chi connectivity index (χ1n) is 10.7. The van der Waals surface area contributed by atoms with Crippen molar-refractivity contribution >= 4 is 16.7 Å². The molecule has 1 saturated heterocycles. The average Bonchev–Trinajstić information content (AvgIpc) is 3.22. The molecule has 0 unspecified atom stereocenters. The molecule has 2 aromatic carbocycles. The highest BCUT2D eigenvalue weighted by Crippen LogP contribution is 2.35. The fourth-order valence-corrected chi connectivity index (χ4v) is 4.91. The first-order valence-corrected chi connectivity index (χ1v) is 10.7. The number of likely N-dealkylation sites (tertiary alicyclic amines) is 1. The minimum atomic E-state index is 0.108. The molecule has 2 N–H and O–H groups in total. The van der Waals surface area contributed by atoms with Crippen molar-refractivity contribution < 1.29 is 9.32 Å². The van der Waals surface area contributed by atoms with Crippen LogP contribution in [0.2, 0.25) is 0 Å². The van der Waals surface area contributed by atoms with Gasteiger partial charge < -0.3 is 15.2 Å². The Labute approximate surface area is 170 Å². The Morgan fingerprint density at radius 3 is 2.79 bits per heavy atom. The van der Waals surface area contributed by atoms with Gasteiger partial charge in [0.25, 0.3) is 5.91 Å². The predicted molar refractivity (Wildman–Crippen MR) is 113 cm³/mol. The zero-order chi connectivity index (χ0) is 19.8. The van der Waals surface area contributed by atoms with Crippen LogP contribution in [0.3, 0.4) is 0 Å². The van der Waals surface area contributed by atoms with E-state index in [-0.39, 0.29) is 5.91 Å². The molecule has 29 heavy (non-hydrogen) atoms. The lowest BCUT2D eigenvalue weighted by Crippen LogP contribution is -2.38. The molecule has 1 amide bonds. The molecule has 0 bridgehead atoms. The van der Waals surface area contributed by atoms with Crippen molar-refractivity contribution in [1.82, 2.24) is 10.1 Å². The van der Waals surface area contributed by atoms with Gasteiger partial charge in [0.15, 0.2) is 0 Å². The highest BCUT2D eigenvalue weighted by Gasteiger charge is 2.30. The summed E-state index contributed by atoms with van der Waals surface area (Å²) < 4.78 is 5.75. The predicted octanol–water partition coefficient (Wildman–Crippen LogP) is 4.19. The molecule has 5 nitrogen and oxygen atoms in total. The van der Waals surface area contributed by atoms with Crippen LogP contribution in [0.1, 0.15) is 64.5 Å². The Morgan fingerprint density at radius 2 is 1.97 bits per heavy atom. The lowest BCUT2D eigenvalue weighted by atomic mass is 9.87. The summed E-state index contributed by atoms with van der Waals surface area (Å²) in [6.45, 7) is 1.99. The smallest absolute Gasteiger partial charge is 0.253 e. The van der Waals surface area contributed by atoms with Crippen molar-refractivity contribution in [1.29, 1.82) is 0 Å². The summed E-state index contributed by atoms with van der Waals surface area (Å²) in [5.41, 5.74) is 10.2. The molecule has 2 aliphatic rings. The monoisotopic (exact) mass is 389 g/mol. The molecule has 1 aromatic heterocycles. The fraction of sp³-hybridized carbons (Fsp3) is 0.417. The van der Waals surface area contributed by atoms with E-state index >= 15 is 0 Å². The number of amides is 1. The second-order valence-corrected chi connectivity index (χ2v) is 8.30. The van der Waals surface area contributed by atoms with E-state index in [1.807, 2.05) is 35.2 Å². The number of benzene rings is 2. The molecule has 150 valence electrons. The summed E-state index contributed by atoms with van der Waals surface area (Å²) in [4.78, 5) is 15.1. The second kappa shape index (κ2) is 7.64. The SMILES string of the molecule is NCc1cccc2ccc(C(=O)N3CCC(c4onc5c4CCCC5)CC3)cc12. The Kier molecular flexibility index (Phi) is 4.84. The molecule has 0 spiro atoms. The van der Waals surface area contributed by atoms with Crippen molar-refractivity contribution in [2.24, 2.45) is 5.73 Å². The minimum Gasteiger partial charge on any atom is -0.361 e. The molecular weight excluding hydrogens is 362 g/mol. The van der Waals surface area contributed by atoms with E-state index in [4.69, 9.17) is 10.3 Å². The number of carbonyl (C=O) groups excluding carboxylic acids is 1. The number of aromatic nitrogens is 1. The van der Waals surface area contributed by atoms with Crippen molar-refractivity contribution in [2.45, 2.75) is 51.0 Å². The van der Waals surface area contributed by atoms with Gasteiger partial charge in [-0.05, 0) is 67.0 Å². The van der Waals surface area contributed by atoms with Crippen LogP contribution >= 0.6 is 0 Å². The van der Waals surface area contributed by atoms with E-state index in [0.717, 1.165) is 72.1 Å². The van der Waals surface area contributed by atoms with Crippen LogP contribution in [0.15, 0.2) is 40.9 Å². The second-order valence-electron chi connectivity index (χ2n) is 8.30. The van der Waals surface area contributed by atoms with Crippen LogP contribution in [0.25, 0.3) is 10.8 Å². The van der Waals surface area contributed by atoms with Crippen LogP contribution in [0.4, 0.5) is 0 Å². The van der Waals surface area contributed by atoms with Crippen LogP contribution in [-0.4, -0.2) is 29.1 Å². The van der Waals surface area contributed by atoms with Crippen molar-refractivity contribution in [3.05, 3.63) is 64.5 Å². The van der Waals surface area contributed by atoms with Gasteiger partial charge >= 0.3 is 0 Å². The van der Waals surface area contributed by atoms with Crippen LogP contribution in [-0.2, 0) is 19.4 Å². The molecule has 0 saturated carbocycles. The maximum absolute atomic E-state index is 13.1. The third kappa shape index (κ3) is 3.33. The van der Waals surface area contributed by atoms with E-state index in [0.29, 0.717) is 12.5 Å². The van der Waals surface area contributed by atoms with Gasteiger partial charge in [-0.15, -0.1) is 0 Å². The average molecular weight is 389 g/mol. The molecule has 1 aliphatic heterocycles. The molecular formula is C24H27N3O2. The largest absolute Gasteiger partial charge is 0.361 e. The lowest BCUT2D eigenvalue weighted by molar-refractivity contribution is 0.0706. The summed E-state index contributed by atoms with van der Waals surface area (Å²) in [6.07, 6.45) is 6.45. The maximum atomic E-state index is 13.1. The zero-order valence-electron chi connectivity index (χ0n) is 16.7. The standard InChI is InChI=1S/C24H27N3O2/c25-15-19-5-3-4-16-8-9-18(14-21(16)19)24(28)27-12-10-17(11-13-27)23-20-6-1-2-7-22(20)26-29-23/h3-5,8-9,14,17H,1-2,6-7,10-13,15,25H2. The number of piperidine rings is 1. The number of carbonyl (C=O) groups is 1. The Morgan fingerprint density at radius 1 is 1.14 bits per heavy atom. The van der Waals surface area contributed by atoms with Crippen LogP contribution in [0, 0.1) is 0 Å². The summed E-state index contributed by atoms with van der Waals surface area (Å²) >= 11 is 0. The van der Waals surface area contributed by atoms with Gasteiger partial charge in [-0.3, -0.25) is 4.79 Å². The first kappa shape index (κ1) is 18.4. The molecule has 3 aromatic rings. The number of nitrogens with zero attached hydrogens (tertiary/aromatic N) is 2. The van der Waals surface area contributed by atoms with Gasteiger partial charge in [0.1, 0.15) is 5.76 Å². The lowest BCUT2D eigenvalue weighted by Gasteiger charge is -2.31. The number of hydrogen-bond acceptors (Lipinski definition) is 4. The first-order chi connectivity index (χ1) is 14.2. The van der Waals surface area contributed by atoms with Crippen molar-refractivity contribution in [3.63, 3.8) is 0 Å². The minimum absolute atomic E-state index is 0.108. The molecule has 0 radical (unpaired) electrons. The van der Waals surface area contributed by atoms with Gasteiger partial charge in [-0.25, -0.2) is 0 Å². The Hall–Kier alpha value is -2.66. The van der Waals surface area contributed by atoms with Crippen LogP contribution < -0.4 is 5.73 Å². The molecule has 1 fully saturated rings. The fourth-order valence-electron chi connectivity index (χ4n) is 4.91.